The van der Waals surface area contributed by atoms with Crippen molar-refractivity contribution in [1.82, 2.24) is 5.32 Å². The number of benzene rings is 1. The van der Waals surface area contributed by atoms with Gasteiger partial charge in [-0.1, -0.05) is 0 Å². The van der Waals surface area contributed by atoms with Crippen molar-refractivity contribution < 1.29 is 24.2 Å². The summed E-state index contributed by atoms with van der Waals surface area (Å²) in [5.41, 5.74) is -0.289. The van der Waals surface area contributed by atoms with Crippen LogP contribution in [0.5, 0.6) is 5.75 Å². The Morgan fingerprint density at radius 2 is 2.14 bits per heavy atom. The largest absolute Gasteiger partial charge is 0.482 e. The van der Waals surface area contributed by atoms with E-state index in [0.29, 0.717) is 21.5 Å². The summed E-state index contributed by atoms with van der Waals surface area (Å²) in [5, 5.41) is 14.3. The van der Waals surface area contributed by atoms with Crippen LogP contribution in [0.1, 0.15) is 24.2 Å². The van der Waals surface area contributed by atoms with Gasteiger partial charge in [0.1, 0.15) is 5.75 Å². The minimum atomic E-state index is -1.07. The second-order valence-corrected chi connectivity index (χ2v) is 6.39. The lowest BCUT2D eigenvalue weighted by Crippen LogP contribution is -2.39. The number of nitrogens with one attached hydrogen (secondary N) is 2. The van der Waals surface area contributed by atoms with Crippen LogP contribution in [-0.2, 0) is 9.59 Å². The Morgan fingerprint density at radius 1 is 1.45 bits per heavy atom. The lowest BCUT2D eigenvalue weighted by molar-refractivity contribution is -0.146. The van der Waals surface area contributed by atoms with E-state index in [4.69, 9.17) is 9.84 Å². The molecule has 1 aliphatic rings. The monoisotopic (exact) mass is 370 g/mol. The minimum absolute atomic E-state index is 0.0116. The number of carbonyl (C=O) groups excluding carboxylic acids is 2. The number of carboxylic acid groups (broad SMARTS) is 1. The van der Waals surface area contributed by atoms with Crippen molar-refractivity contribution in [2.75, 3.05) is 18.5 Å². The van der Waals surface area contributed by atoms with Gasteiger partial charge in [-0.15, -0.1) is 0 Å². The van der Waals surface area contributed by atoms with Gasteiger partial charge in [0.25, 0.3) is 11.8 Å². The van der Waals surface area contributed by atoms with E-state index >= 15 is 0 Å². The lowest BCUT2D eigenvalue weighted by Gasteiger charge is -2.21. The van der Waals surface area contributed by atoms with Crippen LogP contribution in [0, 0.1) is 5.41 Å². The van der Waals surface area contributed by atoms with Gasteiger partial charge in [0, 0.05) is 11.0 Å². The molecule has 118 valence electrons. The molecular weight excluding hydrogens is 356 g/mol. The normalized spacial score (nSPS) is 13.7. The van der Waals surface area contributed by atoms with Gasteiger partial charge in [-0.2, -0.15) is 0 Å². The predicted octanol–water partition coefficient (Wildman–Crippen LogP) is 1.62. The molecule has 1 heterocycles. The fourth-order valence-electron chi connectivity index (χ4n) is 1.75. The van der Waals surface area contributed by atoms with E-state index in [0.717, 1.165) is 0 Å². The number of amides is 2. The first kappa shape index (κ1) is 16.3. The molecule has 1 aliphatic heterocycles. The molecule has 0 bridgehead atoms. The van der Waals surface area contributed by atoms with E-state index in [9.17, 15) is 14.4 Å². The molecule has 8 heteroatoms. The highest BCUT2D eigenvalue weighted by molar-refractivity contribution is 9.10. The molecular formula is C14H15BrN2O5. The number of carbonyl (C=O) groups is 3. The molecule has 0 saturated carbocycles. The van der Waals surface area contributed by atoms with Gasteiger partial charge >= 0.3 is 5.97 Å². The van der Waals surface area contributed by atoms with Crippen molar-refractivity contribution in [3.05, 3.63) is 22.2 Å². The molecule has 2 rings (SSSR count). The average Bonchev–Trinajstić information content (AvgIpc) is 2.43. The number of anilines is 1. The number of aliphatic carboxylic acids is 1. The number of carboxylic acids is 1. The van der Waals surface area contributed by atoms with Crippen LogP contribution in [0.4, 0.5) is 5.69 Å². The maximum atomic E-state index is 12.2. The first-order valence-corrected chi connectivity index (χ1v) is 7.28. The number of hydrogen-bond acceptors (Lipinski definition) is 4. The van der Waals surface area contributed by atoms with Crippen molar-refractivity contribution >= 4 is 39.4 Å². The Labute approximate surface area is 135 Å². The molecule has 0 spiro atoms. The Morgan fingerprint density at radius 3 is 2.77 bits per heavy atom. The first-order chi connectivity index (χ1) is 10.2. The third-order valence-electron chi connectivity index (χ3n) is 3.22. The van der Waals surface area contributed by atoms with E-state index in [1.807, 2.05) is 0 Å². The molecule has 0 aliphatic carbocycles. The SMILES string of the molecule is CC(C)(CNC(=O)c1cc2c(cc1Br)NC(=O)CO2)C(=O)O. The number of halogens is 1. The van der Waals surface area contributed by atoms with E-state index in [1.54, 1.807) is 6.07 Å². The van der Waals surface area contributed by atoms with E-state index in [-0.39, 0.29) is 19.1 Å². The first-order valence-electron chi connectivity index (χ1n) is 6.48. The van der Waals surface area contributed by atoms with Crippen molar-refractivity contribution in [2.45, 2.75) is 13.8 Å². The summed E-state index contributed by atoms with van der Waals surface area (Å²) in [5.74, 6) is -1.29. The topological polar surface area (TPSA) is 105 Å². The zero-order valence-corrected chi connectivity index (χ0v) is 13.6. The van der Waals surface area contributed by atoms with Crippen molar-refractivity contribution in [1.29, 1.82) is 0 Å². The average molecular weight is 371 g/mol. The smallest absolute Gasteiger partial charge is 0.310 e. The summed E-state index contributed by atoms with van der Waals surface area (Å²) in [7, 11) is 0. The number of fused-ring (bicyclic) bond motifs is 1. The van der Waals surface area contributed by atoms with Crippen LogP contribution < -0.4 is 15.4 Å². The van der Waals surface area contributed by atoms with Crippen LogP contribution in [-0.4, -0.2) is 36.0 Å². The van der Waals surface area contributed by atoms with Gasteiger partial charge in [-0.25, -0.2) is 0 Å². The van der Waals surface area contributed by atoms with E-state index in [2.05, 4.69) is 26.6 Å². The zero-order valence-electron chi connectivity index (χ0n) is 12.0. The fourth-order valence-corrected chi connectivity index (χ4v) is 2.27. The number of ether oxygens (including phenoxy) is 1. The minimum Gasteiger partial charge on any atom is -0.482 e. The molecule has 0 radical (unpaired) electrons. The maximum Gasteiger partial charge on any atom is 0.310 e. The Bertz CT molecular complexity index is 657. The zero-order chi connectivity index (χ0) is 16.5. The molecule has 0 unspecified atom stereocenters. The fraction of sp³-hybridized carbons (Fsp3) is 0.357. The molecule has 1 aromatic rings. The maximum absolute atomic E-state index is 12.2. The Kier molecular flexibility index (Phi) is 4.41. The molecule has 1 aromatic carbocycles. The van der Waals surface area contributed by atoms with Gasteiger partial charge < -0.3 is 20.5 Å². The summed E-state index contributed by atoms with van der Waals surface area (Å²) in [6, 6.07) is 3.08. The lowest BCUT2D eigenvalue weighted by atomic mass is 9.94. The van der Waals surface area contributed by atoms with Gasteiger partial charge in [0.05, 0.1) is 16.7 Å². The van der Waals surface area contributed by atoms with Gasteiger partial charge in [0.2, 0.25) is 0 Å². The highest BCUT2D eigenvalue weighted by Gasteiger charge is 2.28. The highest BCUT2D eigenvalue weighted by Crippen LogP contribution is 2.33. The molecule has 0 aromatic heterocycles. The standard InChI is InChI=1S/C14H15BrN2O5/c1-14(2,13(20)21)6-16-12(19)7-3-10-9(4-8(7)15)17-11(18)5-22-10/h3-4H,5-6H2,1-2H3,(H,16,19)(H,17,18)(H,20,21). The van der Waals surface area contributed by atoms with Gasteiger partial charge in [-0.05, 0) is 41.9 Å². The molecule has 2 amide bonds. The Balaban J connectivity index is 2.17. The second-order valence-electron chi connectivity index (χ2n) is 5.54. The Hall–Kier alpha value is -2.09. The van der Waals surface area contributed by atoms with Crippen molar-refractivity contribution in [2.24, 2.45) is 5.41 Å². The third-order valence-corrected chi connectivity index (χ3v) is 3.87. The predicted molar refractivity (Wildman–Crippen MR) is 82.0 cm³/mol. The van der Waals surface area contributed by atoms with E-state index in [1.165, 1.54) is 19.9 Å². The summed E-state index contributed by atoms with van der Waals surface area (Å²) in [6.45, 7) is 2.93. The van der Waals surface area contributed by atoms with Gasteiger partial charge in [0.15, 0.2) is 6.61 Å². The van der Waals surface area contributed by atoms with Crippen LogP contribution in [0.15, 0.2) is 16.6 Å². The molecule has 3 N–H and O–H groups in total. The summed E-state index contributed by atoms with van der Waals surface area (Å²) >= 11 is 3.26. The summed E-state index contributed by atoms with van der Waals surface area (Å²) in [6.07, 6.45) is 0. The molecule has 0 fully saturated rings. The summed E-state index contributed by atoms with van der Waals surface area (Å²) in [4.78, 5) is 34.5. The van der Waals surface area contributed by atoms with Crippen LogP contribution in [0.3, 0.4) is 0 Å². The summed E-state index contributed by atoms with van der Waals surface area (Å²) < 4.78 is 5.73. The van der Waals surface area contributed by atoms with Crippen LogP contribution in [0.2, 0.25) is 0 Å². The highest BCUT2D eigenvalue weighted by atomic mass is 79.9. The number of hydrogen-bond donors (Lipinski definition) is 3. The van der Waals surface area contributed by atoms with Crippen LogP contribution in [0.25, 0.3) is 0 Å². The second kappa shape index (κ2) is 5.96. The van der Waals surface area contributed by atoms with Gasteiger partial charge in [-0.3, -0.25) is 14.4 Å². The van der Waals surface area contributed by atoms with E-state index < -0.39 is 17.3 Å². The van der Waals surface area contributed by atoms with Crippen LogP contribution >= 0.6 is 15.9 Å². The quantitative estimate of drug-likeness (QED) is 0.746. The molecule has 22 heavy (non-hydrogen) atoms. The molecule has 0 saturated heterocycles. The van der Waals surface area contributed by atoms with Crippen molar-refractivity contribution in [3.8, 4) is 5.75 Å². The van der Waals surface area contributed by atoms with Crippen molar-refractivity contribution in [3.63, 3.8) is 0 Å². The molecule has 7 nitrogen and oxygen atoms in total. The third kappa shape index (κ3) is 3.38. The number of rotatable bonds is 4. The molecule has 0 atom stereocenters.